The Labute approximate surface area is 426 Å². The van der Waals surface area contributed by atoms with Crippen molar-refractivity contribution in [2.75, 3.05) is 0 Å². The summed E-state index contributed by atoms with van der Waals surface area (Å²) in [5, 5.41) is 54.5. The minimum atomic E-state index is 0.455. The summed E-state index contributed by atoms with van der Waals surface area (Å²) >= 11 is 0. The summed E-state index contributed by atoms with van der Waals surface area (Å²) in [5.74, 6) is 0. The van der Waals surface area contributed by atoms with Crippen molar-refractivity contribution in [3.05, 3.63) is 233 Å². The van der Waals surface area contributed by atoms with Crippen molar-refractivity contribution < 1.29 is 0 Å². The highest BCUT2D eigenvalue weighted by molar-refractivity contribution is 6.14. The molecule has 0 aliphatic rings. The molecule has 0 unspecified atom stereocenters. The van der Waals surface area contributed by atoms with Gasteiger partial charge in [0.15, 0.2) is 0 Å². The predicted molar refractivity (Wildman–Crippen MR) is 293 cm³/mol. The first-order valence-corrected chi connectivity index (χ1v) is 24.0. The van der Waals surface area contributed by atoms with Gasteiger partial charge in [0.2, 0.25) is 0 Å². The van der Waals surface area contributed by atoms with E-state index >= 15 is 0 Å². The fraction of sp³-hybridized carbons (Fsp3) is 0.0303. The van der Waals surface area contributed by atoms with E-state index in [2.05, 4.69) is 124 Å². The third-order valence-corrected chi connectivity index (χ3v) is 13.9. The summed E-state index contributed by atoms with van der Waals surface area (Å²) in [6, 6.07) is 75.9. The van der Waals surface area contributed by atoms with Gasteiger partial charge < -0.3 is 9.13 Å². The maximum Gasteiger partial charge on any atom is 0.0993 e. The topological polar surface area (TPSA) is 142 Å². The molecule has 0 fully saturated rings. The first-order chi connectivity index (χ1) is 36.2. The van der Waals surface area contributed by atoms with Crippen molar-refractivity contribution >= 4 is 43.6 Å². The molecule has 3 heterocycles. The van der Waals surface area contributed by atoms with Crippen molar-refractivity contribution in [2.24, 2.45) is 0 Å². The molecule has 9 aromatic carbocycles. The Morgan fingerprint density at radius 2 is 0.581 bits per heavy atom. The van der Waals surface area contributed by atoms with Crippen LogP contribution in [0.5, 0.6) is 0 Å². The first-order valence-electron chi connectivity index (χ1n) is 24.0. The molecule has 0 bridgehead atoms. The standard InChI is InChI=1S/C66H38N8/c1-40-23-55(24-41(2)72-40)66-64(73-60-19-15-51(47-11-3-7-42(25-47)35-67)31-56(60)57-32-52(16-20-61(57)73)48-12-4-8-43(26-48)36-68)29-46(39-71)30-65(66)74-62-21-17-53(49-13-5-9-44(27-49)37-69)33-58(62)59-34-54(18-22-63(59)74)50-14-6-10-45(28-50)38-70/h3-34H,1-2H3. The Morgan fingerprint density at radius 1 is 0.297 bits per heavy atom. The molecule has 0 saturated heterocycles. The Kier molecular flexibility index (Phi) is 10.7. The van der Waals surface area contributed by atoms with E-state index in [9.17, 15) is 26.3 Å². The average molecular weight is 943 g/mol. The maximum atomic E-state index is 11.1. The minimum absolute atomic E-state index is 0.455. The zero-order valence-electron chi connectivity index (χ0n) is 40.1. The Balaban J connectivity index is 1.20. The lowest BCUT2D eigenvalue weighted by Crippen LogP contribution is -2.05. The van der Waals surface area contributed by atoms with Gasteiger partial charge in [-0.25, -0.2) is 0 Å². The molecule has 0 amide bonds. The molecular formula is C66H38N8. The van der Waals surface area contributed by atoms with Crippen LogP contribution in [-0.4, -0.2) is 14.1 Å². The van der Waals surface area contributed by atoms with E-state index in [0.29, 0.717) is 27.8 Å². The van der Waals surface area contributed by atoms with Crippen molar-refractivity contribution in [3.63, 3.8) is 0 Å². The molecule has 0 aliphatic carbocycles. The molecular weight excluding hydrogens is 905 g/mol. The van der Waals surface area contributed by atoms with Crippen molar-refractivity contribution in [2.45, 2.75) is 13.8 Å². The van der Waals surface area contributed by atoms with E-state index in [-0.39, 0.29) is 0 Å². The first kappa shape index (κ1) is 44.4. The molecule has 0 N–H and O–H groups in total. The van der Waals surface area contributed by atoms with Gasteiger partial charge in [0, 0.05) is 38.5 Å². The van der Waals surface area contributed by atoms with Crippen LogP contribution in [0.1, 0.15) is 39.2 Å². The highest BCUT2D eigenvalue weighted by atomic mass is 15.0. The second-order valence-electron chi connectivity index (χ2n) is 18.5. The van der Waals surface area contributed by atoms with Gasteiger partial charge in [-0.1, -0.05) is 72.8 Å². The van der Waals surface area contributed by atoms with E-state index in [4.69, 9.17) is 4.98 Å². The Bertz CT molecular complexity index is 4080. The van der Waals surface area contributed by atoms with Gasteiger partial charge in [-0.3, -0.25) is 4.98 Å². The second kappa shape index (κ2) is 17.9. The maximum absolute atomic E-state index is 11.1. The summed E-state index contributed by atoms with van der Waals surface area (Å²) in [4.78, 5) is 4.83. The highest BCUT2D eigenvalue weighted by Gasteiger charge is 2.25. The van der Waals surface area contributed by atoms with E-state index in [0.717, 1.165) is 122 Å². The summed E-state index contributed by atoms with van der Waals surface area (Å²) in [6.45, 7) is 4.00. The number of nitriles is 5. The summed E-state index contributed by atoms with van der Waals surface area (Å²) in [5.41, 5.74) is 18.8. The van der Waals surface area contributed by atoms with Crippen LogP contribution in [0.3, 0.4) is 0 Å². The lowest BCUT2D eigenvalue weighted by molar-refractivity contribution is 1.11. The molecule has 3 aromatic heterocycles. The second-order valence-corrected chi connectivity index (χ2v) is 18.5. The van der Waals surface area contributed by atoms with E-state index < -0.39 is 0 Å². The van der Waals surface area contributed by atoms with E-state index in [1.54, 1.807) is 24.3 Å². The highest BCUT2D eigenvalue weighted by Crippen LogP contribution is 2.45. The summed E-state index contributed by atoms with van der Waals surface area (Å²) in [7, 11) is 0. The molecule has 0 radical (unpaired) electrons. The summed E-state index contributed by atoms with van der Waals surface area (Å²) < 4.78 is 4.52. The molecule has 74 heavy (non-hydrogen) atoms. The van der Waals surface area contributed by atoms with Crippen molar-refractivity contribution in [1.29, 1.82) is 26.3 Å². The van der Waals surface area contributed by atoms with Crippen molar-refractivity contribution in [3.8, 4) is 97.4 Å². The molecule has 12 aromatic rings. The Morgan fingerprint density at radius 3 is 0.865 bits per heavy atom. The number of aromatic nitrogens is 3. The monoisotopic (exact) mass is 942 g/mol. The van der Waals surface area contributed by atoms with Gasteiger partial charge in [-0.2, -0.15) is 26.3 Å². The number of aryl methyl sites for hydroxylation is 2. The number of hydrogen-bond donors (Lipinski definition) is 0. The molecule has 342 valence electrons. The number of rotatable bonds is 7. The van der Waals surface area contributed by atoms with E-state index in [1.807, 2.05) is 98.8 Å². The molecule has 8 nitrogen and oxygen atoms in total. The van der Waals surface area contributed by atoms with Crippen LogP contribution in [0.2, 0.25) is 0 Å². The SMILES string of the molecule is Cc1cc(-c2c(-n3c4ccc(-c5cccc(C#N)c5)cc4c4cc(-c5cccc(C#N)c5)ccc43)cc(C#N)cc2-n2c3ccc(-c4cccc(C#N)c4)cc3c3cc(-c4cccc(C#N)c4)ccc32)cc(C)n1. The van der Waals surface area contributed by atoms with Gasteiger partial charge in [0.25, 0.3) is 0 Å². The lowest BCUT2D eigenvalue weighted by atomic mass is 9.97. The molecule has 0 atom stereocenters. The zero-order chi connectivity index (χ0) is 50.6. The number of benzene rings is 9. The van der Waals surface area contributed by atoms with Gasteiger partial charge in [-0.05, 0) is 185 Å². The van der Waals surface area contributed by atoms with Crippen LogP contribution >= 0.6 is 0 Å². The van der Waals surface area contributed by atoms with Crippen LogP contribution in [0.4, 0.5) is 0 Å². The number of fused-ring (bicyclic) bond motifs is 6. The average Bonchev–Trinajstić information content (AvgIpc) is 3.96. The third kappa shape index (κ3) is 7.56. The number of pyridine rings is 1. The Hall–Kier alpha value is -10.8. The normalized spacial score (nSPS) is 11.0. The van der Waals surface area contributed by atoms with Crippen LogP contribution in [-0.2, 0) is 0 Å². The molecule has 0 aliphatic heterocycles. The van der Waals surface area contributed by atoms with Gasteiger partial charge >= 0.3 is 0 Å². The third-order valence-electron chi connectivity index (χ3n) is 13.9. The lowest BCUT2D eigenvalue weighted by Gasteiger charge is -2.21. The fourth-order valence-corrected chi connectivity index (χ4v) is 10.7. The van der Waals surface area contributed by atoms with E-state index in [1.165, 1.54) is 0 Å². The van der Waals surface area contributed by atoms with Crippen molar-refractivity contribution in [1.82, 2.24) is 14.1 Å². The van der Waals surface area contributed by atoms with Gasteiger partial charge in [-0.15, -0.1) is 0 Å². The van der Waals surface area contributed by atoms with Crippen LogP contribution < -0.4 is 0 Å². The zero-order valence-corrected chi connectivity index (χ0v) is 40.1. The number of nitrogens with zero attached hydrogens (tertiary/aromatic N) is 8. The van der Waals surface area contributed by atoms with Crippen LogP contribution in [0, 0.1) is 70.5 Å². The van der Waals surface area contributed by atoms with Gasteiger partial charge in [0.05, 0.1) is 91.6 Å². The predicted octanol–water partition coefficient (Wildman–Crippen LogP) is 15.6. The van der Waals surface area contributed by atoms with Crippen LogP contribution in [0.15, 0.2) is 194 Å². The number of hydrogen-bond acceptors (Lipinski definition) is 6. The minimum Gasteiger partial charge on any atom is -0.308 e. The fourth-order valence-electron chi connectivity index (χ4n) is 10.7. The largest absolute Gasteiger partial charge is 0.308 e. The van der Waals surface area contributed by atoms with Crippen LogP contribution in [0.25, 0.3) is 111 Å². The summed E-state index contributed by atoms with van der Waals surface area (Å²) in [6.07, 6.45) is 0. The van der Waals surface area contributed by atoms with Gasteiger partial charge in [0.1, 0.15) is 0 Å². The molecule has 0 spiro atoms. The molecule has 8 heteroatoms. The smallest absolute Gasteiger partial charge is 0.0993 e. The molecule has 0 saturated carbocycles. The molecule has 12 rings (SSSR count). The quantitative estimate of drug-likeness (QED) is 0.156.